The third-order valence-corrected chi connectivity index (χ3v) is 3.79. The predicted molar refractivity (Wildman–Crippen MR) is 71.4 cm³/mol. The SMILES string of the molecule is Fc1ccc(C2CNCc3ccccc32)cc1C(F)(F)F. The van der Waals surface area contributed by atoms with E-state index in [0.717, 1.165) is 23.3 Å². The molecule has 0 aliphatic carbocycles. The Balaban J connectivity index is 2.07. The van der Waals surface area contributed by atoms with Gasteiger partial charge in [-0.3, -0.25) is 0 Å². The molecule has 2 aromatic rings. The zero-order valence-electron chi connectivity index (χ0n) is 11.0. The highest BCUT2D eigenvalue weighted by molar-refractivity contribution is 5.42. The lowest BCUT2D eigenvalue weighted by molar-refractivity contribution is -0.140. The van der Waals surface area contributed by atoms with Crippen molar-refractivity contribution in [3.63, 3.8) is 0 Å². The molecule has 1 N–H and O–H groups in total. The van der Waals surface area contributed by atoms with Gasteiger partial charge in [0.05, 0.1) is 5.56 Å². The van der Waals surface area contributed by atoms with E-state index < -0.39 is 17.6 Å². The molecule has 1 atom stereocenters. The second kappa shape index (κ2) is 5.15. The van der Waals surface area contributed by atoms with Crippen LogP contribution in [0.25, 0.3) is 0 Å². The van der Waals surface area contributed by atoms with Gasteiger partial charge in [0.2, 0.25) is 0 Å². The third-order valence-electron chi connectivity index (χ3n) is 3.79. The van der Waals surface area contributed by atoms with Crippen molar-refractivity contribution in [3.05, 3.63) is 70.5 Å². The lowest BCUT2D eigenvalue weighted by atomic mass is 9.85. The molecule has 110 valence electrons. The van der Waals surface area contributed by atoms with E-state index in [0.29, 0.717) is 18.7 Å². The smallest absolute Gasteiger partial charge is 0.312 e. The molecular weight excluding hydrogens is 282 g/mol. The fraction of sp³-hybridized carbons (Fsp3) is 0.250. The van der Waals surface area contributed by atoms with Gasteiger partial charge >= 0.3 is 6.18 Å². The minimum Gasteiger partial charge on any atom is -0.312 e. The van der Waals surface area contributed by atoms with E-state index in [1.165, 1.54) is 6.07 Å². The summed E-state index contributed by atoms with van der Waals surface area (Å²) < 4.78 is 51.9. The zero-order chi connectivity index (χ0) is 15.0. The van der Waals surface area contributed by atoms with Crippen LogP contribution < -0.4 is 5.32 Å². The number of hydrogen-bond donors (Lipinski definition) is 1. The van der Waals surface area contributed by atoms with Crippen molar-refractivity contribution >= 4 is 0 Å². The van der Waals surface area contributed by atoms with Crippen molar-refractivity contribution < 1.29 is 17.6 Å². The van der Waals surface area contributed by atoms with Gasteiger partial charge in [-0.2, -0.15) is 13.2 Å². The monoisotopic (exact) mass is 295 g/mol. The summed E-state index contributed by atoms with van der Waals surface area (Å²) in [6.07, 6.45) is -4.68. The molecule has 0 saturated carbocycles. The molecule has 1 aliphatic heterocycles. The fourth-order valence-corrected chi connectivity index (χ4v) is 2.77. The quantitative estimate of drug-likeness (QED) is 0.782. The molecule has 5 heteroatoms. The topological polar surface area (TPSA) is 12.0 Å². The molecular formula is C16H13F4N. The van der Waals surface area contributed by atoms with Crippen LogP contribution in [0.5, 0.6) is 0 Å². The van der Waals surface area contributed by atoms with Crippen LogP contribution in [0.2, 0.25) is 0 Å². The van der Waals surface area contributed by atoms with Gasteiger partial charge in [0.1, 0.15) is 5.82 Å². The van der Waals surface area contributed by atoms with Crippen molar-refractivity contribution in [2.45, 2.75) is 18.6 Å². The van der Waals surface area contributed by atoms with Crippen LogP contribution in [0.15, 0.2) is 42.5 Å². The maximum absolute atomic E-state index is 13.4. The van der Waals surface area contributed by atoms with Gasteiger partial charge in [-0.1, -0.05) is 30.3 Å². The van der Waals surface area contributed by atoms with E-state index in [1.807, 2.05) is 24.3 Å². The van der Waals surface area contributed by atoms with Gasteiger partial charge in [-0.15, -0.1) is 0 Å². The van der Waals surface area contributed by atoms with Crippen LogP contribution >= 0.6 is 0 Å². The Morgan fingerprint density at radius 1 is 1.05 bits per heavy atom. The molecule has 1 nitrogen and oxygen atoms in total. The molecule has 2 aromatic carbocycles. The molecule has 3 rings (SSSR count). The Labute approximate surface area is 119 Å². The summed E-state index contributed by atoms with van der Waals surface area (Å²) in [5, 5.41) is 3.19. The molecule has 0 aromatic heterocycles. The number of fused-ring (bicyclic) bond motifs is 1. The first kappa shape index (κ1) is 14.1. The van der Waals surface area contributed by atoms with Gasteiger partial charge in [0.25, 0.3) is 0 Å². The van der Waals surface area contributed by atoms with Crippen LogP contribution in [0.4, 0.5) is 17.6 Å². The average molecular weight is 295 g/mol. The van der Waals surface area contributed by atoms with Gasteiger partial charge in [-0.25, -0.2) is 4.39 Å². The van der Waals surface area contributed by atoms with Crippen LogP contribution in [0.1, 0.15) is 28.2 Å². The van der Waals surface area contributed by atoms with E-state index >= 15 is 0 Å². The molecule has 0 amide bonds. The summed E-state index contributed by atoms with van der Waals surface area (Å²) in [4.78, 5) is 0. The summed E-state index contributed by atoms with van der Waals surface area (Å²) in [7, 11) is 0. The van der Waals surface area contributed by atoms with Gasteiger partial charge in [0.15, 0.2) is 0 Å². The van der Waals surface area contributed by atoms with Crippen molar-refractivity contribution in [1.29, 1.82) is 0 Å². The molecule has 0 bridgehead atoms. The van der Waals surface area contributed by atoms with Crippen LogP contribution in [0, 0.1) is 5.82 Å². The molecule has 1 unspecified atom stereocenters. The Morgan fingerprint density at radius 3 is 2.57 bits per heavy atom. The summed E-state index contributed by atoms with van der Waals surface area (Å²) in [5.74, 6) is -1.43. The Kier molecular flexibility index (Phi) is 3.45. The van der Waals surface area contributed by atoms with E-state index in [-0.39, 0.29) is 5.92 Å². The van der Waals surface area contributed by atoms with Crippen molar-refractivity contribution in [2.24, 2.45) is 0 Å². The summed E-state index contributed by atoms with van der Waals surface area (Å²) >= 11 is 0. The van der Waals surface area contributed by atoms with E-state index in [2.05, 4.69) is 5.32 Å². The first-order chi connectivity index (χ1) is 9.97. The average Bonchev–Trinajstić information content (AvgIpc) is 2.46. The molecule has 0 radical (unpaired) electrons. The van der Waals surface area contributed by atoms with Crippen LogP contribution in [0.3, 0.4) is 0 Å². The summed E-state index contributed by atoms with van der Waals surface area (Å²) in [6.45, 7) is 1.24. The predicted octanol–water partition coefficient (Wildman–Crippen LogP) is 4.08. The molecule has 0 saturated heterocycles. The summed E-state index contributed by atoms with van der Waals surface area (Å²) in [5.41, 5.74) is 1.33. The van der Waals surface area contributed by atoms with Crippen molar-refractivity contribution in [2.75, 3.05) is 6.54 Å². The number of benzene rings is 2. The highest BCUT2D eigenvalue weighted by Gasteiger charge is 2.35. The number of nitrogens with one attached hydrogen (secondary N) is 1. The van der Waals surface area contributed by atoms with E-state index in [1.54, 1.807) is 0 Å². The van der Waals surface area contributed by atoms with E-state index in [4.69, 9.17) is 0 Å². The van der Waals surface area contributed by atoms with E-state index in [9.17, 15) is 17.6 Å². The highest BCUT2D eigenvalue weighted by atomic mass is 19.4. The second-order valence-corrected chi connectivity index (χ2v) is 5.12. The second-order valence-electron chi connectivity index (χ2n) is 5.12. The minimum absolute atomic E-state index is 0.198. The maximum atomic E-state index is 13.4. The summed E-state index contributed by atoms with van der Waals surface area (Å²) in [6, 6.07) is 10.9. The standard InChI is InChI=1S/C16H13F4N/c17-15-6-5-10(7-14(15)16(18,19)20)13-9-21-8-11-3-1-2-4-12(11)13/h1-7,13,21H,8-9H2. The molecule has 0 fully saturated rings. The van der Waals surface area contributed by atoms with Gasteiger partial charge in [0, 0.05) is 19.0 Å². The normalized spacial score (nSPS) is 18.4. The number of alkyl halides is 3. The first-order valence-corrected chi connectivity index (χ1v) is 6.62. The van der Waals surface area contributed by atoms with Crippen LogP contribution in [-0.4, -0.2) is 6.54 Å². The third kappa shape index (κ3) is 2.65. The zero-order valence-corrected chi connectivity index (χ0v) is 11.0. The van der Waals surface area contributed by atoms with Crippen LogP contribution in [-0.2, 0) is 12.7 Å². The molecule has 1 aliphatic rings. The molecule has 0 spiro atoms. The largest absolute Gasteiger partial charge is 0.419 e. The first-order valence-electron chi connectivity index (χ1n) is 6.62. The van der Waals surface area contributed by atoms with Gasteiger partial charge in [-0.05, 0) is 28.8 Å². The highest BCUT2D eigenvalue weighted by Crippen LogP contribution is 2.36. The Bertz CT molecular complexity index is 664. The van der Waals surface area contributed by atoms with Gasteiger partial charge < -0.3 is 5.32 Å². The number of hydrogen-bond acceptors (Lipinski definition) is 1. The lowest BCUT2D eigenvalue weighted by Gasteiger charge is -2.27. The number of rotatable bonds is 1. The Hall–Kier alpha value is -1.88. The molecule has 1 heterocycles. The Morgan fingerprint density at radius 2 is 1.81 bits per heavy atom. The van der Waals surface area contributed by atoms with Crippen molar-refractivity contribution in [3.8, 4) is 0 Å². The molecule has 21 heavy (non-hydrogen) atoms. The maximum Gasteiger partial charge on any atom is 0.419 e. The van der Waals surface area contributed by atoms with Crippen molar-refractivity contribution in [1.82, 2.24) is 5.32 Å². The fourth-order valence-electron chi connectivity index (χ4n) is 2.77. The minimum atomic E-state index is -4.68. The lowest BCUT2D eigenvalue weighted by Crippen LogP contribution is -2.29. The number of halogens is 4.